The van der Waals surface area contributed by atoms with E-state index in [0.717, 1.165) is 24.2 Å². The average molecular weight is 243 g/mol. The van der Waals surface area contributed by atoms with Crippen molar-refractivity contribution >= 4 is 11.0 Å². The van der Waals surface area contributed by atoms with Gasteiger partial charge in [-0.15, -0.1) is 0 Å². The number of nitrogens with zero attached hydrogens (tertiary/aromatic N) is 3. The first-order valence-corrected chi connectivity index (χ1v) is 6.83. The van der Waals surface area contributed by atoms with Crippen LogP contribution in [0.1, 0.15) is 37.4 Å². The van der Waals surface area contributed by atoms with E-state index in [4.69, 9.17) is 9.72 Å². The third kappa shape index (κ3) is 1.72. The Morgan fingerprint density at radius 1 is 1.33 bits per heavy atom. The number of hydrogen-bond acceptors (Lipinski definition) is 3. The van der Waals surface area contributed by atoms with Gasteiger partial charge in [0.2, 0.25) is 0 Å². The lowest BCUT2D eigenvalue weighted by Gasteiger charge is -2.12. The molecular formula is C14H17N3O. The molecule has 0 bridgehead atoms. The van der Waals surface area contributed by atoms with Crippen molar-refractivity contribution in [3.8, 4) is 0 Å². The molecule has 3 heterocycles. The number of aromatic nitrogens is 3. The number of imidazole rings is 1. The van der Waals surface area contributed by atoms with Crippen LogP contribution in [0, 0.1) is 0 Å². The summed E-state index contributed by atoms with van der Waals surface area (Å²) >= 11 is 0. The molecule has 0 spiro atoms. The Labute approximate surface area is 106 Å². The monoisotopic (exact) mass is 243 g/mol. The molecule has 1 saturated heterocycles. The Morgan fingerprint density at radius 3 is 2.94 bits per heavy atom. The van der Waals surface area contributed by atoms with E-state index in [-0.39, 0.29) is 0 Å². The first-order valence-electron chi connectivity index (χ1n) is 6.83. The fourth-order valence-corrected chi connectivity index (χ4v) is 3.05. The van der Waals surface area contributed by atoms with E-state index in [1.54, 1.807) is 0 Å². The van der Waals surface area contributed by atoms with Gasteiger partial charge in [-0.1, -0.05) is 12.8 Å². The molecule has 1 saturated carbocycles. The van der Waals surface area contributed by atoms with Gasteiger partial charge in [-0.25, -0.2) is 4.98 Å². The lowest BCUT2D eigenvalue weighted by atomic mass is 10.1. The summed E-state index contributed by atoms with van der Waals surface area (Å²) < 4.78 is 7.72. The van der Waals surface area contributed by atoms with E-state index in [0.29, 0.717) is 12.0 Å². The Kier molecular flexibility index (Phi) is 2.36. The minimum Gasteiger partial charge on any atom is -0.371 e. The quantitative estimate of drug-likeness (QED) is 0.778. The van der Waals surface area contributed by atoms with Crippen molar-refractivity contribution in [2.24, 2.45) is 0 Å². The van der Waals surface area contributed by atoms with E-state index < -0.39 is 0 Å². The summed E-state index contributed by atoms with van der Waals surface area (Å²) in [5.74, 6) is 1.89. The van der Waals surface area contributed by atoms with Crippen molar-refractivity contribution in [1.29, 1.82) is 0 Å². The first kappa shape index (κ1) is 10.5. The summed E-state index contributed by atoms with van der Waals surface area (Å²) in [5, 5.41) is 0. The zero-order chi connectivity index (χ0) is 11.9. The van der Waals surface area contributed by atoms with E-state index in [1.807, 2.05) is 18.5 Å². The minimum atomic E-state index is 0.391. The summed E-state index contributed by atoms with van der Waals surface area (Å²) in [7, 11) is 0. The molecule has 2 aromatic heterocycles. The molecule has 4 rings (SSSR count). The summed E-state index contributed by atoms with van der Waals surface area (Å²) in [4.78, 5) is 9.08. The standard InChI is InChI=1S/C14H17N3O/c1-2-4-10(3-1)14-16-12-5-6-15-7-13(12)17(14)8-11-9-18-11/h5-7,10-11H,1-4,8-9H2/t11-/m1/s1. The maximum absolute atomic E-state index is 5.38. The Morgan fingerprint density at radius 2 is 2.17 bits per heavy atom. The Bertz CT molecular complexity index is 567. The summed E-state index contributed by atoms with van der Waals surface area (Å²) in [5.41, 5.74) is 2.24. The largest absolute Gasteiger partial charge is 0.371 e. The van der Waals surface area contributed by atoms with E-state index in [9.17, 15) is 0 Å². The third-order valence-corrected chi connectivity index (χ3v) is 4.09. The highest BCUT2D eigenvalue weighted by atomic mass is 16.6. The molecule has 1 aliphatic carbocycles. The molecule has 4 heteroatoms. The lowest BCUT2D eigenvalue weighted by Crippen LogP contribution is -2.11. The number of fused-ring (bicyclic) bond motifs is 1. The lowest BCUT2D eigenvalue weighted by molar-refractivity contribution is 0.380. The van der Waals surface area contributed by atoms with Crippen molar-refractivity contribution < 1.29 is 4.74 Å². The van der Waals surface area contributed by atoms with E-state index >= 15 is 0 Å². The molecule has 0 unspecified atom stereocenters. The SMILES string of the molecule is c1cc2nc(C3CCCC3)n(C[C@@H]3CO3)c2cn1. The Balaban J connectivity index is 1.82. The van der Waals surface area contributed by atoms with Crippen LogP contribution in [-0.4, -0.2) is 27.2 Å². The van der Waals surface area contributed by atoms with Crippen LogP contribution in [0.25, 0.3) is 11.0 Å². The first-order chi connectivity index (χ1) is 8.92. The molecule has 18 heavy (non-hydrogen) atoms. The van der Waals surface area contributed by atoms with Crippen LogP contribution in [-0.2, 0) is 11.3 Å². The van der Waals surface area contributed by atoms with Gasteiger partial charge in [-0.05, 0) is 18.9 Å². The van der Waals surface area contributed by atoms with Gasteiger partial charge in [0.25, 0.3) is 0 Å². The van der Waals surface area contributed by atoms with Crippen molar-refractivity contribution in [1.82, 2.24) is 14.5 Å². The average Bonchev–Trinajstić information content (AvgIpc) is 2.91. The predicted octanol–water partition coefficient (Wildman–Crippen LogP) is 2.49. The van der Waals surface area contributed by atoms with Gasteiger partial charge in [0.1, 0.15) is 5.82 Å². The van der Waals surface area contributed by atoms with Crippen LogP contribution in [0.5, 0.6) is 0 Å². The van der Waals surface area contributed by atoms with Crippen LogP contribution in [0.15, 0.2) is 18.5 Å². The molecule has 94 valence electrons. The molecule has 4 nitrogen and oxygen atoms in total. The number of hydrogen-bond donors (Lipinski definition) is 0. The summed E-state index contributed by atoms with van der Waals surface area (Å²) in [6.07, 6.45) is 9.39. The normalized spacial score (nSPS) is 23.9. The highest BCUT2D eigenvalue weighted by Crippen LogP contribution is 2.35. The molecule has 0 N–H and O–H groups in total. The molecular weight excluding hydrogens is 226 g/mol. The topological polar surface area (TPSA) is 43.2 Å². The fraction of sp³-hybridized carbons (Fsp3) is 0.571. The highest BCUT2D eigenvalue weighted by Gasteiger charge is 2.28. The van der Waals surface area contributed by atoms with Crippen LogP contribution in [0.2, 0.25) is 0 Å². The molecule has 1 aliphatic heterocycles. The molecule has 0 amide bonds. The van der Waals surface area contributed by atoms with Crippen LogP contribution >= 0.6 is 0 Å². The second-order valence-electron chi connectivity index (χ2n) is 5.38. The maximum Gasteiger partial charge on any atom is 0.113 e. The molecule has 0 aromatic carbocycles. The van der Waals surface area contributed by atoms with Crippen LogP contribution < -0.4 is 0 Å². The van der Waals surface area contributed by atoms with E-state index in [2.05, 4.69) is 9.55 Å². The molecule has 2 fully saturated rings. The van der Waals surface area contributed by atoms with Gasteiger partial charge >= 0.3 is 0 Å². The smallest absolute Gasteiger partial charge is 0.113 e. The highest BCUT2D eigenvalue weighted by molar-refractivity contribution is 5.74. The summed E-state index contributed by atoms with van der Waals surface area (Å²) in [6.45, 7) is 1.83. The number of pyridine rings is 1. The third-order valence-electron chi connectivity index (χ3n) is 4.09. The van der Waals surface area contributed by atoms with Crippen molar-refractivity contribution in [2.75, 3.05) is 6.61 Å². The Hall–Kier alpha value is -1.42. The number of epoxide rings is 1. The van der Waals surface area contributed by atoms with E-state index in [1.165, 1.54) is 31.5 Å². The second-order valence-corrected chi connectivity index (χ2v) is 5.38. The zero-order valence-corrected chi connectivity index (χ0v) is 10.4. The maximum atomic E-state index is 5.38. The molecule has 2 aromatic rings. The van der Waals surface area contributed by atoms with Gasteiger partial charge in [0.15, 0.2) is 0 Å². The summed E-state index contributed by atoms with van der Waals surface area (Å²) in [6, 6.07) is 2.01. The van der Waals surface area contributed by atoms with Gasteiger partial charge < -0.3 is 9.30 Å². The van der Waals surface area contributed by atoms with Gasteiger partial charge in [-0.2, -0.15) is 0 Å². The molecule has 0 radical (unpaired) electrons. The number of ether oxygens (including phenoxy) is 1. The van der Waals surface area contributed by atoms with Gasteiger partial charge in [0.05, 0.1) is 36.5 Å². The number of rotatable bonds is 3. The predicted molar refractivity (Wildman–Crippen MR) is 68.5 cm³/mol. The minimum absolute atomic E-state index is 0.391. The second kappa shape index (κ2) is 4.05. The zero-order valence-electron chi connectivity index (χ0n) is 10.4. The van der Waals surface area contributed by atoms with Gasteiger partial charge in [0, 0.05) is 12.1 Å². The van der Waals surface area contributed by atoms with Crippen LogP contribution in [0.4, 0.5) is 0 Å². The van der Waals surface area contributed by atoms with Gasteiger partial charge in [-0.3, -0.25) is 4.98 Å². The molecule has 2 aliphatic rings. The van der Waals surface area contributed by atoms with Crippen LogP contribution in [0.3, 0.4) is 0 Å². The molecule has 1 atom stereocenters. The fourth-order valence-electron chi connectivity index (χ4n) is 3.05. The van der Waals surface area contributed by atoms with Crippen molar-refractivity contribution in [2.45, 2.75) is 44.2 Å². The van der Waals surface area contributed by atoms with Crippen molar-refractivity contribution in [3.63, 3.8) is 0 Å². The van der Waals surface area contributed by atoms with Crippen molar-refractivity contribution in [3.05, 3.63) is 24.3 Å².